The molecule has 1 aromatic rings. The summed E-state index contributed by atoms with van der Waals surface area (Å²) in [7, 11) is 0. The molecule has 0 unspecified atom stereocenters. The lowest BCUT2D eigenvalue weighted by Gasteiger charge is -2.24. The number of carbonyl (C=O) groups is 1. The van der Waals surface area contributed by atoms with E-state index >= 15 is 0 Å². The van der Waals surface area contributed by atoms with Gasteiger partial charge in [-0.1, -0.05) is 19.0 Å². The molecule has 0 saturated carbocycles. The molecule has 102 valence electrons. The first-order chi connectivity index (χ1) is 8.64. The third-order valence-corrected chi connectivity index (χ3v) is 3.57. The van der Waals surface area contributed by atoms with Gasteiger partial charge >= 0.3 is 5.97 Å². The van der Waals surface area contributed by atoms with Crippen molar-refractivity contribution in [3.63, 3.8) is 0 Å². The fourth-order valence-corrected chi connectivity index (χ4v) is 2.21. The fourth-order valence-electron chi connectivity index (χ4n) is 1.83. The fraction of sp³-hybridized carbons (Fsp3) is 0.750. The van der Waals surface area contributed by atoms with Crippen molar-refractivity contribution in [2.24, 2.45) is 0 Å². The van der Waals surface area contributed by atoms with Gasteiger partial charge in [0.25, 0.3) is 0 Å². The van der Waals surface area contributed by atoms with Crippen molar-refractivity contribution in [3.8, 4) is 0 Å². The van der Waals surface area contributed by atoms with Crippen molar-refractivity contribution < 1.29 is 14.1 Å². The number of rotatable bonds is 7. The zero-order chi connectivity index (χ0) is 13.6. The molecule has 0 amide bonds. The van der Waals surface area contributed by atoms with E-state index in [0.29, 0.717) is 36.9 Å². The van der Waals surface area contributed by atoms with Gasteiger partial charge in [-0.2, -0.15) is 16.7 Å². The molecule has 0 atom stereocenters. The molecule has 1 heterocycles. The molecule has 0 N–H and O–H groups in total. The number of thioether (sulfide) groups is 1. The minimum atomic E-state index is -0.806. The quantitative estimate of drug-likeness (QED) is 0.711. The molecule has 0 fully saturated rings. The Kier molecular flexibility index (Phi) is 5.65. The van der Waals surface area contributed by atoms with Crippen molar-refractivity contribution in [2.45, 2.75) is 44.8 Å². The number of aromatic nitrogens is 2. The maximum atomic E-state index is 12.1. The van der Waals surface area contributed by atoms with Crippen LogP contribution in [-0.4, -0.2) is 29.0 Å². The molecule has 5 nitrogen and oxygen atoms in total. The molecule has 0 bridgehead atoms. The van der Waals surface area contributed by atoms with E-state index in [0.717, 1.165) is 0 Å². The van der Waals surface area contributed by atoms with Crippen LogP contribution in [0.4, 0.5) is 0 Å². The molecule has 1 rings (SSSR count). The molecule has 0 aliphatic rings. The molecule has 0 saturated heterocycles. The van der Waals surface area contributed by atoms with E-state index in [4.69, 9.17) is 9.26 Å². The first-order valence-corrected chi connectivity index (χ1v) is 7.53. The van der Waals surface area contributed by atoms with Gasteiger partial charge in [0, 0.05) is 0 Å². The Morgan fingerprint density at radius 3 is 2.56 bits per heavy atom. The van der Waals surface area contributed by atoms with Crippen LogP contribution in [0.5, 0.6) is 0 Å². The van der Waals surface area contributed by atoms with Crippen molar-refractivity contribution in [1.82, 2.24) is 10.1 Å². The maximum absolute atomic E-state index is 12.1. The van der Waals surface area contributed by atoms with Gasteiger partial charge in [-0.05, 0) is 26.0 Å². The van der Waals surface area contributed by atoms with Gasteiger partial charge in [-0.15, -0.1) is 0 Å². The summed E-state index contributed by atoms with van der Waals surface area (Å²) in [6.07, 6.45) is 3.14. The van der Waals surface area contributed by atoms with Crippen LogP contribution in [0.3, 0.4) is 0 Å². The van der Waals surface area contributed by atoms with Crippen LogP contribution in [0, 0.1) is 0 Å². The number of hydrogen-bond donors (Lipinski definition) is 0. The Balaban J connectivity index is 3.05. The third kappa shape index (κ3) is 2.85. The molecule has 0 aliphatic heterocycles. The van der Waals surface area contributed by atoms with Crippen LogP contribution in [0.15, 0.2) is 4.52 Å². The average molecular weight is 272 g/mol. The van der Waals surface area contributed by atoms with Gasteiger partial charge in [0.05, 0.1) is 12.4 Å². The number of nitrogens with zero attached hydrogens (tertiary/aromatic N) is 2. The summed E-state index contributed by atoms with van der Waals surface area (Å²) >= 11 is 1.61. The summed E-state index contributed by atoms with van der Waals surface area (Å²) in [5.41, 5.74) is -0.806. The van der Waals surface area contributed by atoms with Crippen molar-refractivity contribution >= 4 is 17.7 Å². The van der Waals surface area contributed by atoms with Crippen molar-refractivity contribution in [3.05, 3.63) is 11.7 Å². The van der Waals surface area contributed by atoms with E-state index in [1.807, 2.05) is 20.1 Å². The second-order valence-electron chi connectivity index (χ2n) is 3.96. The zero-order valence-electron chi connectivity index (χ0n) is 11.4. The second kappa shape index (κ2) is 6.78. The van der Waals surface area contributed by atoms with Gasteiger partial charge in [0.1, 0.15) is 5.41 Å². The minimum absolute atomic E-state index is 0.283. The number of hydrogen-bond acceptors (Lipinski definition) is 6. The van der Waals surface area contributed by atoms with Crippen molar-refractivity contribution in [2.75, 3.05) is 12.9 Å². The topological polar surface area (TPSA) is 65.2 Å². The summed E-state index contributed by atoms with van der Waals surface area (Å²) < 4.78 is 10.4. The predicted molar refractivity (Wildman–Crippen MR) is 70.4 cm³/mol. The van der Waals surface area contributed by atoms with Crippen LogP contribution in [0.1, 0.15) is 45.3 Å². The third-order valence-electron chi connectivity index (χ3n) is 3.02. The number of ether oxygens (including phenoxy) is 1. The summed E-state index contributed by atoms with van der Waals surface area (Å²) in [6.45, 7) is 6.01. The lowest BCUT2D eigenvalue weighted by atomic mass is 9.82. The van der Waals surface area contributed by atoms with Gasteiger partial charge < -0.3 is 9.26 Å². The summed E-state index contributed by atoms with van der Waals surface area (Å²) in [5.74, 6) is 1.38. The molecule has 0 aromatic carbocycles. The second-order valence-corrected chi connectivity index (χ2v) is 4.82. The minimum Gasteiger partial charge on any atom is -0.465 e. The highest BCUT2D eigenvalue weighted by molar-refractivity contribution is 7.97. The van der Waals surface area contributed by atoms with E-state index in [1.165, 1.54) is 0 Å². The monoisotopic (exact) mass is 272 g/mol. The first-order valence-electron chi connectivity index (χ1n) is 6.13. The lowest BCUT2D eigenvalue weighted by Crippen LogP contribution is -2.36. The lowest BCUT2D eigenvalue weighted by molar-refractivity contribution is -0.151. The average Bonchev–Trinajstić information content (AvgIpc) is 2.81. The highest BCUT2D eigenvalue weighted by atomic mass is 32.2. The van der Waals surface area contributed by atoms with Gasteiger partial charge in [-0.25, -0.2) is 0 Å². The van der Waals surface area contributed by atoms with Crippen LogP contribution >= 0.6 is 11.8 Å². The van der Waals surface area contributed by atoms with Crippen LogP contribution in [0.2, 0.25) is 0 Å². The molecule has 1 aromatic heterocycles. The summed E-state index contributed by atoms with van der Waals surface area (Å²) in [4.78, 5) is 16.5. The molecule has 18 heavy (non-hydrogen) atoms. The molecule has 6 heteroatoms. The van der Waals surface area contributed by atoms with Crippen LogP contribution in [-0.2, 0) is 20.7 Å². The highest BCUT2D eigenvalue weighted by Crippen LogP contribution is 2.32. The van der Waals surface area contributed by atoms with E-state index in [1.54, 1.807) is 18.7 Å². The number of esters is 1. The molecular formula is C12H20N2O3S. The van der Waals surface area contributed by atoms with Gasteiger partial charge in [0.2, 0.25) is 5.89 Å². The summed E-state index contributed by atoms with van der Waals surface area (Å²) in [5, 5.41) is 3.90. The normalized spacial score (nSPS) is 11.6. The Bertz CT molecular complexity index is 388. The highest BCUT2D eigenvalue weighted by Gasteiger charge is 2.43. The SMILES string of the molecule is CCOC(=O)C(CC)(CC)c1nc(CSC)no1. The Labute approximate surface area is 112 Å². The predicted octanol–water partition coefficient (Wildman–Crippen LogP) is 2.55. The molecule has 0 spiro atoms. The van der Waals surface area contributed by atoms with Crippen molar-refractivity contribution in [1.29, 1.82) is 0 Å². The number of carbonyl (C=O) groups excluding carboxylic acids is 1. The van der Waals surface area contributed by atoms with Crippen LogP contribution < -0.4 is 0 Å². The Morgan fingerprint density at radius 2 is 2.06 bits per heavy atom. The summed E-state index contributed by atoms with van der Waals surface area (Å²) in [6, 6.07) is 0. The zero-order valence-corrected chi connectivity index (χ0v) is 12.2. The maximum Gasteiger partial charge on any atom is 0.321 e. The smallest absolute Gasteiger partial charge is 0.321 e. The Hall–Kier alpha value is -1.04. The van der Waals surface area contributed by atoms with Crippen LogP contribution in [0.25, 0.3) is 0 Å². The standard InChI is InChI=1S/C12H20N2O3S/c1-5-12(6-2,11(15)16-7-3)10-13-9(8-18-4)14-17-10/h5-8H2,1-4H3. The van der Waals surface area contributed by atoms with Gasteiger partial charge in [-0.3, -0.25) is 4.79 Å². The largest absolute Gasteiger partial charge is 0.465 e. The van der Waals surface area contributed by atoms with E-state index in [9.17, 15) is 4.79 Å². The van der Waals surface area contributed by atoms with Gasteiger partial charge in [0.15, 0.2) is 5.82 Å². The van der Waals surface area contributed by atoms with E-state index < -0.39 is 5.41 Å². The van der Waals surface area contributed by atoms with E-state index in [-0.39, 0.29) is 5.97 Å². The Morgan fingerprint density at radius 1 is 1.39 bits per heavy atom. The molecule has 0 aliphatic carbocycles. The first kappa shape index (κ1) is 15.0. The molecular weight excluding hydrogens is 252 g/mol. The van der Waals surface area contributed by atoms with E-state index in [2.05, 4.69) is 10.1 Å². The molecule has 0 radical (unpaired) electrons.